The summed E-state index contributed by atoms with van der Waals surface area (Å²) in [5, 5.41) is 19.3. The summed E-state index contributed by atoms with van der Waals surface area (Å²) in [7, 11) is 4.06. The molecule has 1 amide bonds. The molecular weight excluding hydrogens is 591 g/mol. The van der Waals surface area contributed by atoms with Crippen molar-refractivity contribution in [3.8, 4) is 6.07 Å². The van der Waals surface area contributed by atoms with E-state index in [4.69, 9.17) is 21.3 Å². The first-order valence-corrected chi connectivity index (χ1v) is 14.1. The third-order valence-corrected chi connectivity index (χ3v) is 8.70. The van der Waals surface area contributed by atoms with Crippen molar-refractivity contribution in [3.63, 3.8) is 0 Å². The SMILES string of the molecule is CN(C)C1CN(c2nc3c(F)c(Br)c(Cl)cc3c3c2nnn3[C@H]2CCN(C(=O)OC(C)(C)C)[C@H](CC#N)C2)C1. The fourth-order valence-corrected chi connectivity index (χ4v) is 5.77. The van der Waals surface area contributed by atoms with E-state index in [0.29, 0.717) is 47.7 Å². The van der Waals surface area contributed by atoms with Crippen molar-refractivity contribution in [1.29, 1.82) is 5.26 Å². The molecule has 0 radical (unpaired) electrons. The molecule has 5 rings (SSSR count). The molecule has 0 saturated carbocycles. The minimum atomic E-state index is -0.643. The molecule has 3 aromatic rings. The molecule has 0 N–H and O–H groups in total. The van der Waals surface area contributed by atoms with Gasteiger partial charge in [-0.1, -0.05) is 16.8 Å². The third-order valence-electron chi connectivity index (χ3n) is 7.40. The number of halogens is 3. The van der Waals surface area contributed by atoms with Gasteiger partial charge in [-0.3, -0.25) is 0 Å². The summed E-state index contributed by atoms with van der Waals surface area (Å²) in [5.41, 5.74) is 0.757. The molecule has 0 bridgehead atoms. The van der Waals surface area contributed by atoms with Crippen molar-refractivity contribution < 1.29 is 13.9 Å². The number of hydrogen-bond donors (Lipinski definition) is 0. The predicted octanol–water partition coefficient (Wildman–Crippen LogP) is 5.14. The summed E-state index contributed by atoms with van der Waals surface area (Å²) < 4.78 is 23.1. The molecule has 0 aliphatic carbocycles. The maximum absolute atomic E-state index is 15.5. The number of likely N-dealkylation sites (N-methyl/N-ethyl adjacent to an activating group) is 1. The van der Waals surface area contributed by atoms with Gasteiger partial charge in [-0.05, 0) is 69.7 Å². The van der Waals surface area contributed by atoms with Crippen LogP contribution in [0, 0.1) is 17.1 Å². The van der Waals surface area contributed by atoms with E-state index < -0.39 is 17.5 Å². The molecule has 39 heavy (non-hydrogen) atoms. The Morgan fingerprint density at radius 3 is 2.69 bits per heavy atom. The first-order valence-electron chi connectivity index (χ1n) is 12.9. The van der Waals surface area contributed by atoms with Crippen LogP contribution in [0.5, 0.6) is 0 Å². The number of piperidine rings is 1. The molecular formula is C26H31BrClFN8O2. The van der Waals surface area contributed by atoms with E-state index in [1.807, 2.05) is 34.9 Å². The van der Waals surface area contributed by atoms with Crippen LogP contribution in [0.15, 0.2) is 10.5 Å². The number of hydrogen-bond acceptors (Lipinski definition) is 8. The highest BCUT2D eigenvalue weighted by Crippen LogP contribution is 2.40. The second kappa shape index (κ2) is 10.3. The highest BCUT2D eigenvalue weighted by Gasteiger charge is 2.37. The smallest absolute Gasteiger partial charge is 0.410 e. The van der Waals surface area contributed by atoms with Crippen molar-refractivity contribution in [1.82, 2.24) is 29.8 Å². The fourth-order valence-electron chi connectivity index (χ4n) is 5.27. The summed E-state index contributed by atoms with van der Waals surface area (Å²) >= 11 is 9.64. The van der Waals surface area contributed by atoms with Crippen molar-refractivity contribution in [2.75, 3.05) is 38.6 Å². The molecule has 0 spiro atoms. The normalized spacial score (nSPS) is 20.5. The van der Waals surface area contributed by atoms with Gasteiger partial charge in [0.1, 0.15) is 16.6 Å². The van der Waals surface area contributed by atoms with Gasteiger partial charge >= 0.3 is 6.09 Å². The number of nitriles is 1. The highest BCUT2D eigenvalue weighted by atomic mass is 79.9. The molecule has 2 aliphatic heterocycles. The van der Waals surface area contributed by atoms with E-state index in [-0.39, 0.29) is 33.5 Å². The zero-order valence-electron chi connectivity index (χ0n) is 22.6. The average molecular weight is 622 g/mol. The lowest BCUT2D eigenvalue weighted by atomic mass is 9.95. The molecule has 13 heteroatoms. The molecule has 2 aliphatic rings. The monoisotopic (exact) mass is 620 g/mol. The summed E-state index contributed by atoms with van der Waals surface area (Å²) in [6, 6.07) is 3.71. The Kier molecular flexibility index (Phi) is 7.37. The van der Waals surface area contributed by atoms with Crippen molar-refractivity contribution >= 4 is 61.4 Å². The maximum Gasteiger partial charge on any atom is 0.410 e. The van der Waals surface area contributed by atoms with E-state index in [0.717, 1.165) is 13.1 Å². The number of pyridine rings is 1. The minimum absolute atomic E-state index is 0.156. The van der Waals surface area contributed by atoms with Gasteiger partial charge in [-0.25, -0.2) is 18.9 Å². The average Bonchev–Trinajstić information content (AvgIpc) is 3.27. The molecule has 2 aromatic heterocycles. The number of rotatable bonds is 4. The van der Waals surface area contributed by atoms with Crippen molar-refractivity contribution in [2.45, 2.75) is 63.8 Å². The molecule has 2 saturated heterocycles. The fraction of sp³-hybridized carbons (Fsp3) is 0.577. The number of likely N-dealkylation sites (tertiary alicyclic amines) is 1. The van der Waals surface area contributed by atoms with Gasteiger partial charge < -0.3 is 19.4 Å². The first-order chi connectivity index (χ1) is 18.4. The van der Waals surface area contributed by atoms with Crippen LogP contribution < -0.4 is 4.90 Å². The molecule has 1 aromatic carbocycles. The number of aromatic nitrogens is 4. The summed E-state index contributed by atoms with van der Waals surface area (Å²) in [4.78, 5) is 23.5. The van der Waals surface area contributed by atoms with E-state index in [2.05, 4.69) is 42.1 Å². The summed E-state index contributed by atoms with van der Waals surface area (Å²) in [6.45, 7) is 7.31. The zero-order chi connectivity index (χ0) is 28.2. The van der Waals surface area contributed by atoms with Crippen LogP contribution in [0.25, 0.3) is 21.9 Å². The van der Waals surface area contributed by atoms with E-state index in [9.17, 15) is 10.1 Å². The molecule has 208 valence electrons. The second-order valence-corrected chi connectivity index (χ2v) is 12.6. The lowest BCUT2D eigenvalue weighted by molar-refractivity contribution is 0.00557. The van der Waals surface area contributed by atoms with Gasteiger partial charge in [-0.15, -0.1) is 5.10 Å². The first kappa shape index (κ1) is 27.8. The second-order valence-electron chi connectivity index (χ2n) is 11.4. The van der Waals surface area contributed by atoms with Crippen molar-refractivity contribution in [3.05, 3.63) is 21.4 Å². The number of anilines is 1. The van der Waals surface area contributed by atoms with Crippen LogP contribution in [0.1, 0.15) is 46.1 Å². The van der Waals surface area contributed by atoms with Crippen LogP contribution in [0.4, 0.5) is 15.0 Å². The number of amides is 1. The van der Waals surface area contributed by atoms with Crippen LogP contribution in [-0.2, 0) is 4.74 Å². The van der Waals surface area contributed by atoms with Crippen LogP contribution in [0.3, 0.4) is 0 Å². The summed E-state index contributed by atoms with van der Waals surface area (Å²) in [5.74, 6) is 0.0370. The Labute approximate surface area is 239 Å². The lowest BCUT2D eigenvalue weighted by Gasteiger charge is -2.43. The molecule has 4 heterocycles. The quantitative estimate of drug-likeness (QED) is 0.369. The number of benzene rings is 1. The van der Waals surface area contributed by atoms with Crippen LogP contribution in [0.2, 0.25) is 5.02 Å². The van der Waals surface area contributed by atoms with Gasteiger partial charge in [0, 0.05) is 31.1 Å². The Hall–Kier alpha value is -2.75. The van der Waals surface area contributed by atoms with Gasteiger partial charge in [0.05, 0.1) is 34.1 Å². The van der Waals surface area contributed by atoms with E-state index >= 15 is 4.39 Å². The van der Waals surface area contributed by atoms with E-state index in [1.165, 1.54) is 0 Å². The number of ether oxygens (including phenoxy) is 1. The van der Waals surface area contributed by atoms with E-state index in [1.54, 1.807) is 15.6 Å². The standard InChI is InChI=1S/C26H31BrClFN8O2/c1-26(2,3)39-25(38)36-9-7-15(10-14(36)6-8-30)37-23-17-11-18(28)19(27)20(29)21(17)31-24(22(23)32-33-37)35-12-16(13-35)34(4)5/h11,14-16H,6-7,9-10,12-13H2,1-5H3/t14-,15+/m1/s1. The predicted molar refractivity (Wildman–Crippen MR) is 150 cm³/mol. The van der Waals surface area contributed by atoms with Gasteiger partial charge in [-0.2, -0.15) is 5.26 Å². The topological polar surface area (TPSA) is 103 Å². The van der Waals surface area contributed by atoms with Crippen molar-refractivity contribution in [2.24, 2.45) is 0 Å². The Balaban J connectivity index is 1.58. The lowest BCUT2D eigenvalue weighted by Crippen LogP contribution is -2.57. The number of nitrogens with zero attached hydrogens (tertiary/aromatic N) is 8. The van der Waals surface area contributed by atoms with Gasteiger partial charge in [0.2, 0.25) is 0 Å². The largest absolute Gasteiger partial charge is 0.444 e. The number of carbonyl (C=O) groups is 1. The van der Waals surface area contributed by atoms with Gasteiger partial charge in [0.15, 0.2) is 17.2 Å². The Bertz CT molecular complexity index is 1480. The Morgan fingerprint density at radius 2 is 2.05 bits per heavy atom. The van der Waals surface area contributed by atoms with Crippen LogP contribution >= 0.6 is 27.5 Å². The Morgan fingerprint density at radius 1 is 1.33 bits per heavy atom. The summed E-state index contributed by atoms with van der Waals surface area (Å²) in [6.07, 6.45) is 0.762. The molecule has 2 fully saturated rings. The molecule has 0 unspecified atom stereocenters. The molecule has 2 atom stereocenters. The minimum Gasteiger partial charge on any atom is -0.444 e. The highest BCUT2D eigenvalue weighted by molar-refractivity contribution is 9.10. The van der Waals surface area contributed by atoms with Gasteiger partial charge in [0.25, 0.3) is 0 Å². The third kappa shape index (κ3) is 5.12. The molecule has 10 nitrogen and oxygen atoms in total. The number of carbonyl (C=O) groups excluding carboxylic acids is 1. The zero-order valence-corrected chi connectivity index (χ0v) is 24.9. The maximum atomic E-state index is 15.5. The number of fused-ring (bicyclic) bond motifs is 3. The van der Waals surface area contributed by atoms with Crippen LogP contribution in [-0.4, -0.2) is 87.3 Å².